The summed E-state index contributed by atoms with van der Waals surface area (Å²) in [5.74, 6) is 1.57. The number of aromatic nitrogens is 1. The van der Waals surface area contributed by atoms with E-state index in [0.29, 0.717) is 28.4 Å². The van der Waals surface area contributed by atoms with Crippen molar-refractivity contribution in [3.63, 3.8) is 0 Å². The fourth-order valence-electron chi connectivity index (χ4n) is 3.28. The normalized spacial score (nSPS) is 13.7. The van der Waals surface area contributed by atoms with Gasteiger partial charge in [-0.25, -0.2) is 0 Å². The first-order chi connectivity index (χ1) is 14.1. The van der Waals surface area contributed by atoms with Gasteiger partial charge >= 0.3 is 0 Å². The third-order valence-corrected chi connectivity index (χ3v) is 6.20. The van der Waals surface area contributed by atoms with Crippen LogP contribution in [0.2, 0.25) is 0 Å². The molecule has 1 N–H and O–H groups in total. The number of rotatable bonds is 6. The Morgan fingerprint density at radius 1 is 1.14 bits per heavy atom. The first-order valence-corrected chi connectivity index (χ1v) is 10.3. The van der Waals surface area contributed by atoms with Gasteiger partial charge in [-0.2, -0.15) is 0 Å². The molecule has 1 aliphatic rings. The Kier molecular flexibility index (Phi) is 5.51. The van der Waals surface area contributed by atoms with Crippen molar-refractivity contribution in [3.05, 3.63) is 62.4 Å². The van der Waals surface area contributed by atoms with Gasteiger partial charge in [-0.15, -0.1) is 11.3 Å². The molecule has 4 rings (SSSR count). The molecule has 0 aliphatic carbocycles. The molecule has 0 bridgehead atoms. The van der Waals surface area contributed by atoms with Gasteiger partial charge in [0.15, 0.2) is 15.5 Å². The number of allylic oxidation sites excluding steroid dienone is 1. The van der Waals surface area contributed by atoms with Crippen LogP contribution in [0.4, 0.5) is 5.69 Å². The minimum absolute atomic E-state index is 0.186. The quantitative estimate of drug-likeness (QED) is 0.531. The molecule has 1 aromatic heterocycles. The Balaban J connectivity index is 1.57. The van der Waals surface area contributed by atoms with E-state index in [9.17, 15) is 5.11 Å². The Hall–Kier alpha value is -2.90. The van der Waals surface area contributed by atoms with Crippen LogP contribution in [0.5, 0.6) is 17.4 Å². The fourth-order valence-corrected chi connectivity index (χ4v) is 4.59. The SMILES string of the molecule is COc1ccc(CCn2c(O)c(/C=C3/C=Nc4ccccc43)sc2=S)cc1OC. The molecule has 2 heterocycles. The summed E-state index contributed by atoms with van der Waals surface area (Å²) < 4.78 is 13.0. The highest BCUT2D eigenvalue weighted by molar-refractivity contribution is 7.73. The number of fused-ring (bicyclic) bond motifs is 1. The number of hydrogen-bond acceptors (Lipinski definition) is 6. The number of hydrogen-bond donors (Lipinski definition) is 1. The van der Waals surface area contributed by atoms with Crippen LogP contribution in [-0.4, -0.2) is 30.1 Å². The lowest BCUT2D eigenvalue weighted by Crippen LogP contribution is -2.01. The van der Waals surface area contributed by atoms with Gasteiger partial charge in [-0.1, -0.05) is 24.3 Å². The highest BCUT2D eigenvalue weighted by Gasteiger charge is 2.15. The highest BCUT2D eigenvalue weighted by atomic mass is 32.1. The largest absolute Gasteiger partial charge is 0.493 e. The lowest BCUT2D eigenvalue weighted by atomic mass is 10.1. The maximum absolute atomic E-state index is 10.8. The summed E-state index contributed by atoms with van der Waals surface area (Å²) in [7, 11) is 3.23. The topological polar surface area (TPSA) is 56.0 Å². The molecule has 1 aliphatic heterocycles. The van der Waals surface area contributed by atoms with Gasteiger partial charge in [0.25, 0.3) is 0 Å². The molecule has 0 fully saturated rings. The van der Waals surface area contributed by atoms with Crippen molar-refractivity contribution in [2.24, 2.45) is 4.99 Å². The van der Waals surface area contributed by atoms with Gasteiger partial charge in [-0.3, -0.25) is 9.56 Å². The second-order valence-electron chi connectivity index (χ2n) is 6.52. The van der Waals surface area contributed by atoms with Crippen LogP contribution in [0.3, 0.4) is 0 Å². The number of aromatic hydroxyl groups is 1. The average Bonchev–Trinajstić information content (AvgIpc) is 3.27. The lowest BCUT2D eigenvalue weighted by Gasteiger charge is -2.10. The summed E-state index contributed by atoms with van der Waals surface area (Å²) in [4.78, 5) is 5.15. The Morgan fingerprint density at radius 3 is 2.72 bits per heavy atom. The zero-order valence-electron chi connectivity index (χ0n) is 16.1. The Labute approximate surface area is 178 Å². The average molecular weight is 425 g/mol. The molecule has 0 atom stereocenters. The zero-order chi connectivity index (χ0) is 20.4. The van der Waals surface area contributed by atoms with E-state index in [4.69, 9.17) is 21.7 Å². The Bertz CT molecular complexity index is 1180. The van der Waals surface area contributed by atoms with Crippen molar-refractivity contribution >= 4 is 47.1 Å². The van der Waals surface area contributed by atoms with E-state index in [1.165, 1.54) is 11.3 Å². The maximum atomic E-state index is 10.8. The van der Waals surface area contributed by atoms with Gasteiger partial charge in [0.1, 0.15) is 0 Å². The van der Waals surface area contributed by atoms with E-state index < -0.39 is 0 Å². The van der Waals surface area contributed by atoms with Crippen molar-refractivity contribution < 1.29 is 14.6 Å². The minimum Gasteiger partial charge on any atom is -0.493 e. The molecule has 0 spiro atoms. The number of para-hydroxylation sites is 1. The number of aryl methyl sites for hydroxylation is 1. The summed E-state index contributed by atoms with van der Waals surface area (Å²) in [5, 5.41) is 10.8. The zero-order valence-corrected chi connectivity index (χ0v) is 17.7. The number of methoxy groups -OCH3 is 2. The molecular formula is C22H20N2O3S2. The number of ether oxygens (including phenoxy) is 2. The molecule has 3 aromatic rings. The molecule has 0 unspecified atom stereocenters. The maximum Gasteiger partial charge on any atom is 0.210 e. The van der Waals surface area contributed by atoms with Crippen LogP contribution in [0.15, 0.2) is 47.5 Å². The van der Waals surface area contributed by atoms with Crippen molar-refractivity contribution in [1.29, 1.82) is 0 Å². The minimum atomic E-state index is 0.186. The molecule has 0 saturated heterocycles. The molecule has 2 aromatic carbocycles. The van der Waals surface area contributed by atoms with Gasteiger partial charge < -0.3 is 14.6 Å². The third-order valence-electron chi connectivity index (χ3n) is 4.81. The molecule has 7 heteroatoms. The predicted octanol–water partition coefficient (Wildman–Crippen LogP) is 5.50. The monoisotopic (exact) mass is 424 g/mol. The predicted molar refractivity (Wildman–Crippen MR) is 121 cm³/mol. The molecule has 5 nitrogen and oxygen atoms in total. The smallest absolute Gasteiger partial charge is 0.210 e. The van der Waals surface area contributed by atoms with E-state index in [1.807, 2.05) is 54.8 Å². The second kappa shape index (κ2) is 8.23. The van der Waals surface area contributed by atoms with E-state index in [1.54, 1.807) is 18.8 Å². The molecule has 0 radical (unpaired) electrons. The van der Waals surface area contributed by atoms with E-state index >= 15 is 0 Å². The van der Waals surface area contributed by atoms with Crippen LogP contribution < -0.4 is 9.47 Å². The highest BCUT2D eigenvalue weighted by Crippen LogP contribution is 2.36. The third kappa shape index (κ3) is 3.83. The lowest BCUT2D eigenvalue weighted by molar-refractivity contribution is 0.354. The fraction of sp³-hybridized carbons (Fsp3) is 0.182. The van der Waals surface area contributed by atoms with Crippen molar-refractivity contribution in [1.82, 2.24) is 4.57 Å². The van der Waals surface area contributed by atoms with E-state index in [0.717, 1.165) is 27.3 Å². The first kappa shape index (κ1) is 19.4. The van der Waals surface area contributed by atoms with E-state index in [2.05, 4.69) is 4.99 Å². The van der Waals surface area contributed by atoms with E-state index in [-0.39, 0.29) is 5.88 Å². The molecular weight excluding hydrogens is 404 g/mol. The van der Waals surface area contributed by atoms with Crippen LogP contribution in [0.25, 0.3) is 11.6 Å². The van der Waals surface area contributed by atoms with Gasteiger partial charge in [-0.05, 0) is 48.5 Å². The van der Waals surface area contributed by atoms with Crippen LogP contribution >= 0.6 is 23.6 Å². The summed E-state index contributed by atoms with van der Waals surface area (Å²) in [6, 6.07) is 13.8. The molecule has 0 amide bonds. The van der Waals surface area contributed by atoms with Gasteiger partial charge in [0.05, 0.1) is 24.8 Å². The summed E-state index contributed by atoms with van der Waals surface area (Å²) in [6.45, 7) is 0.574. The summed E-state index contributed by atoms with van der Waals surface area (Å²) in [6.07, 6.45) is 4.47. The number of thiazole rings is 1. The molecule has 0 saturated carbocycles. The van der Waals surface area contributed by atoms with Gasteiger partial charge in [0.2, 0.25) is 5.88 Å². The van der Waals surface area contributed by atoms with Crippen LogP contribution in [0.1, 0.15) is 16.0 Å². The van der Waals surface area contributed by atoms with Crippen molar-refractivity contribution in [3.8, 4) is 17.4 Å². The standard InChI is InChI=1S/C22H20N2O3S2/c1-26-18-8-7-14(11-19(18)27-2)9-10-24-21(25)20(29-22(24)28)12-15-13-23-17-6-4-3-5-16(15)17/h3-8,11-13,25H,9-10H2,1-2H3/b15-12-. The van der Waals surface area contributed by atoms with Crippen LogP contribution in [-0.2, 0) is 13.0 Å². The van der Waals surface area contributed by atoms with Gasteiger partial charge in [0, 0.05) is 23.9 Å². The number of aliphatic imine (C=N–C) groups is 1. The molecule has 148 valence electrons. The van der Waals surface area contributed by atoms with Crippen LogP contribution in [0, 0.1) is 3.95 Å². The first-order valence-electron chi connectivity index (χ1n) is 9.09. The second-order valence-corrected chi connectivity index (χ2v) is 8.20. The molecule has 29 heavy (non-hydrogen) atoms. The summed E-state index contributed by atoms with van der Waals surface area (Å²) in [5.41, 5.74) is 4.05. The number of benzene rings is 2. The number of nitrogens with zero attached hydrogens (tertiary/aromatic N) is 2. The Morgan fingerprint density at radius 2 is 1.93 bits per heavy atom. The van der Waals surface area contributed by atoms with Crippen molar-refractivity contribution in [2.45, 2.75) is 13.0 Å². The summed E-state index contributed by atoms with van der Waals surface area (Å²) >= 11 is 6.89. The van der Waals surface area contributed by atoms with Crippen molar-refractivity contribution in [2.75, 3.05) is 14.2 Å².